The van der Waals surface area contributed by atoms with E-state index in [0.29, 0.717) is 12.6 Å². The molecule has 0 atom stereocenters. The average molecular weight is 265 g/mol. The first-order chi connectivity index (χ1) is 9.33. The lowest BCUT2D eigenvalue weighted by molar-refractivity contribution is 0.252. The predicted octanol–water partition coefficient (Wildman–Crippen LogP) is 2.10. The third-order valence-electron chi connectivity index (χ3n) is 3.24. The van der Waals surface area contributed by atoms with Gasteiger partial charge in [0.05, 0.1) is 13.7 Å². The van der Waals surface area contributed by atoms with E-state index in [1.54, 1.807) is 7.11 Å². The van der Waals surface area contributed by atoms with Gasteiger partial charge in [-0.25, -0.2) is 0 Å². The van der Waals surface area contributed by atoms with Crippen molar-refractivity contribution in [1.29, 1.82) is 0 Å². The number of benzene rings is 1. The molecule has 0 amide bonds. The van der Waals surface area contributed by atoms with Gasteiger partial charge < -0.3 is 19.9 Å². The molecule has 0 spiro atoms. The van der Waals surface area contributed by atoms with Crippen LogP contribution in [0.3, 0.4) is 0 Å². The van der Waals surface area contributed by atoms with Crippen molar-refractivity contribution >= 4 is 0 Å². The second-order valence-electron chi connectivity index (χ2n) is 4.91. The number of ether oxygens (including phenoxy) is 2. The Morgan fingerprint density at radius 1 is 1.32 bits per heavy atom. The molecule has 1 fully saturated rings. The first-order valence-corrected chi connectivity index (χ1v) is 6.97. The second-order valence-corrected chi connectivity index (χ2v) is 4.91. The molecule has 1 aromatic rings. The van der Waals surface area contributed by atoms with Crippen LogP contribution in [0.1, 0.15) is 31.2 Å². The Balaban J connectivity index is 1.93. The van der Waals surface area contributed by atoms with Crippen molar-refractivity contribution in [3.8, 4) is 11.5 Å². The van der Waals surface area contributed by atoms with Crippen molar-refractivity contribution in [2.24, 2.45) is 0 Å². The van der Waals surface area contributed by atoms with Crippen molar-refractivity contribution in [2.45, 2.75) is 38.3 Å². The van der Waals surface area contributed by atoms with Crippen LogP contribution in [0.4, 0.5) is 0 Å². The van der Waals surface area contributed by atoms with Gasteiger partial charge in [0.2, 0.25) is 0 Å². The summed E-state index contributed by atoms with van der Waals surface area (Å²) >= 11 is 0. The fraction of sp³-hybridized carbons (Fsp3) is 0.600. The molecule has 1 aliphatic carbocycles. The molecule has 0 unspecified atom stereocenters. The lowest BCUT2D eigenvalue weighted by atomic mass is 10.2. The van der Waals surface area contributed by atoms with Gasteiger partial charge in [0.15, 0.2) is 0 Å². The Labute approximate surface area is 114 Å². The SMILES string of the molecule is COc1ccc(OCCCCO)c(CNC2CC2)c1. The Bertz CT molecular complexity index is 391. The Morgan fingerprint density at radius 3 is 2.84 bits per heavy atom. The summed E-state index contributed by atoms with van der Waals surface area (Å²) in [6.07, 6.45) is 4.21. The lowest BCUT2D eigenvalue weighted by Gasteiger charge is -2.13. The molecule has 1 aromatic carbocycles. The summed E-state index contributed by atoms with van der Waals surface area (Å²) in [6.45, 7) is 1.68. The van der Waals surface area contributed by atoms with Gasteiger partial charge in [-0.1, -0.05) is 0 Å². The number of methoxy groups -OCH3 is 1. The molecular weight excluding hydrogens is 242 g/mol. The van der Waals surface area contributed by atoms with Gasteiger partial charge >= 0.3 is 0 Å². The van der Waals surface area contributed by atoms with Gasteiger partial charge in [-0.05, 0) is 43.9 Å². The summed E-state index contributed by atoms with van der Waals surface area (Å²) in [5.41, 5.74) is 1.13. The topological polar surface area (TPSA) is 50.7 Å². The van der Waals surface area contributed by atoms with E-state index in [4.69, 9.17) is 14.6 Å². The van der Waals surface area contributed by atoms with Gasteiger partial charge in [0.25, 0.3) is 0 Å². The maximum atomic E-state index is 8.76. The fourth-order valence-electron chi connectivity index (χ4n) is 1.90. The summed E-state index contributed by atoms with van der Waals surface area (Å²) in [4.78, 5) is 0. The van der Waals surface area contributed by atoms with Crippen LogP contribution >= 0.6 is 0 Å². The van der Waals surface area contributed by atoms with Crippen molar-refractivity contribution < 1.29 is 14.6 Å². The van der Waals surface area contributed by atoms with Crippen LogP contribution < -0.4 is 14.8 Å². The molecule has 0 heterocycles. The quantitative estimate of drug-likeness (QED) is 0.671. The minimum Gasteiger partial charge on any atom is -0.497 e. The average Bonchev–Trinajstić information content (AvgIpc) is 3.26. The number of unbranched alkanes of at least 4 members (excludes halogenated alkanes) is 1. The molecule has 4 heteroatoms. The lowest BCUT2D eigenvalue weighted by Crippen LogP contribution is -2.16. The molecule has 0 aliphatic heterocycles. The van der Waals surface area contributed by atoms with Crippen molar-refractivity contribution in [2.75, 3.05) is 20.3 Å². The maximum Gasteiger partial charge on any atom is 0.124 e. The molecule has 0 aromatic heterocycles. The highest BCUT2D eigenvalue weighted by Gasteiger charge is 2.20. The van der Waals surface area contributed by atoms with Crippen LogP contribution in [0, 0.1) is 0 Å². The number of rotatable bonds is 9. The highest BCUT2D eigenvalue weighted by molar-refractivity contribution is 5.40. The van der Waals surface area contributed by atoms with E-state index >= 15 is 0 Å². The zero-order valence-electron chi connectivity index (χ0n) is 11.5. The first-order valence-electron chi connectivity index (χ1n) is 6.97. The van der Waals surface area contributed by atoms with Crippen LogP contribution in [-0.4, -0.2) is 31.5 Å². The second kappa shape index (κ2) is 7.36. The first kappa shape index (κ1) is 14.2. The zero-order chi connectivity index (χ0) is 13.5. The van der Waals surface area contributed by atoms with Gasteiger partial charge in [-0.15, -0.1) is 0 Å². The van der Waals surface area contributed by atoms with E-state index in [9.17, 15) is 0 Å². The van der Waals surface area contributed by atoms with Gasteiger partial charge in [0.1, 0.15) is 11.5 Å². The molecule has 2 N–H and O–H groups in total. The summed E-state index contributed by atoms with van der Waals surface area (Å²) in [6, 6.07) is 6.58. The molecule has 4 nitrogen and oxygen atoms in total. The number of aliphatic hydroxyl groups excluding tert-OH is 1. The molecule has 0 saturated heterocycles. The monoisotopic (exact) mass is 265 g/mol. The Kier molecular flexibility index (Phi) is 5.48. The molecule has 1 aliphatic rings. The molecular formula is C15H23NO3. The molecule has 19 heavy (non-hydrogen) atoms. The standard InChI is InChI=1S/C15H23NO3/c1-18-14-6-7-15(19-9-3-2-8-17)12(10-14)11-16-13-4-5-13/h6-7,10,13,16-17H,2-5,8-9,11H2,1H3. The van der Waals surface area contributed by atoms with Crippen LogP contribution in [0.2, 0.25) is 0 Å². The molecule has 0 radical (unpaired) electrons. The van der Waals surface area contributed by atoms with Crippen LogP contribution in [0.15, 0.2) is 18.2 Å². The molecule has 0 bridgehead atoms. The van der Waals surface area contributed by atoms with Crippen molar-refractivity contribution in [1.82, 2.24) is 5.32 Å². The van der Waals surface area contributed by atoms with Crippen molar-refractivity contribution in [3.05, 3.63) is 23.8 Å². The number of hydrogen-bond donors (Lipinski definition) is 2. The van der Waals surface area contributed by atoms with Crippen LogP contribution in [0.5, 0.6) is 11.5 Å². The third kappa shape index (κ3) is 4.73. The largest absolute Gasteiger partial charge is 0.497 e. The fourth-order valence-corrected chi connectivity index (χ4v) is 1.90. The Morgan fingerprint density at radius 2 is 2.16 bits per heavy atom. The summed E-state index contributed by atoms with van der Waals surface area (Å²) < 4.78 is 11.0. The van der Waals surface area contributed by atoms with E-state index in [-0.39, 0.29) is 6.61 Å². The minimum atomic E-state index is 0.224. The maximum absolute atomic E-state index is 8.76. The van der Waals surface area contributed by atoms with E-state index < -0.39 is 0 Å². The number of nitrogens with one attached hydrogen (secondary N) is 1. The van der Waals surface area contributed by atoms with Crippen molar-refractivity contribution in [3.63, 3.8) is 0 Å². The highest BCUT2D eigenvalue weighted by atomic mass is 16.5. The summed E-state index contributed by atoms with van der Waals surface area (Å²) in [7, 11) is 1.68. The van der Waals surface area contributed by atoms with Gasteiger partial charge in [-0.2, -0.15) is 0 Å². The van der Waals surface area contributed by atoms with E-state index in [1.165, 1.54) is 12.8 Å². The molecule has 1 saturated carbocycles. The molecule has 2 rings (SSSR count). The van der Waals surface area contributed by atoms with Crippen LogP contribution in [-0.2, 0) is 6.54 Å². The minimum absolute atomic E-state index is 0.224. The van der Waals surface area contributed by atoms with E-state index in [0.717, 1.165) is 36.4 Å². The third-order valence-corrected chi connectivity index (χ3v) is 3.24. The number of aliphatic hydroxyl groups is 1. The predicted molar refractivity (Wildman–Crippen MR) is 74.7 cm³/mol. The summed E-state index contributed by atoms with van der Waals surface area (Å²) in [5, 5.41) is 12.2. The Hall–Kier alpha value is -1.26. The smallest absolute Gasteiger partial charge is 0.124 e. The zero-order valence-corrected chi connectivity index (χ0v) is 11.5. The van der Waals surface area contributed by atoms with E-state index in [1.807, 2.05) is 18.2 Å². The highest BCUT2D eigenvalue weighted by Crippen LogP contribution is 2.26. The van der Waals surface area contributed by atoms with E-state index in [2.05, 4.69) is 5.32 Å². The normalized spacial score (nSPS) is 14.4. The van der Waals surface area contributed by atoms with Gasteiger partial charge in [0, 0.05) is 24.8 Å². The van der Waals surface area contributed by atoms with Gasteiger partial charge in [-0.3, -0.25) is 0 Å². The van der Waals surface area contributed by atoms with Crippen LogP contribution in [0.25, 0.3) is 0 Å². The summed E-state index contributed by atoms with van der Waals surface area (Å²) in [5.74, 6) is 1.77. The molecule has 106 valence electrons. The number of hydrogen-bond acceptors (Lipinski definition) is 4.